The maximum Gasteiger partial charge on any atom is 0.131 e. The number of aromatic hydroxyl groups is 1. The van der Waals surface area contributed by atoms with Gasteiger partial charge < -0.3 is 5.11 Å². The summed E-state index contributed by atoms with van der Waals surface area (Å²) in [7, 11) is 0. The molecule has 0 spiro atoms. The Hall–Kier alpha value is -1.42. The van der Waals surface area contributed by atoms with E-state index >= 15 is 0 Å². The summed E-state index contributed by atoms with van der Waals surface area (Å²) in [5.41, 5.74) is 0.721. The highest BCUT2D eigenvalue weighted by molar-refractivity contribution is 5.44. The van der Waals surface area contributed by atoms with Crippen molar-refractivity contribution in [3.05, 3.63) is 29.8 Å². The molecule has 1 rings (SSSR count). The van der Waals surface area contributed by atoms with Gasteiger partial charge in [0.1, 0.15) is 5.75 Å². The first-order valence-corrected chi connectivity index (χ1v) is 4.61. The molecule has 1 aromatic carbocycles. The molecule has 0 saturated heterocycles. The minimum absolute atomic E-state index is 0.270. The molecule has 0 aliphatic heterocycles. The van der Waals surface area contributed by atoms with Crippen molar-refractivity contribution in [1.82, 2.24) is 0 Å². The number of benzene rings is 1. The fraction of sp³-hybridized carbons (Fsp3) is 0.333. The van der Waals surface area contributed by atoms with Gasteiger partial charge in [0.25, 0.3) is 0 Å². The molecule has 0 fully saturated rings. The summed E-state index contributed by atoms with van der Waals surface area (Å²) in [6.07, 6.45) is 3.20. The van der Waals surface area contributed by atoms with E-state index in [0.717, 1.165) is 24.8 Å². The molecule has 0 heterocycles. The molecule has 0 aliphatic rings. The Labute approximate surface area is 79.4 Å². The summed E-state index contributed by atoms with van der Waals surface area (Å²) in [5.74, 6) is 6.25. The third-order valence-electron chi connectivity index (χ3n) is 1.78. The smallest absolute Gasteiger partial charge is 0.131 e. The van der Waals surface area contributed by atoms with Crippen LogP contribution in [0.4, 0.5) is 0 Å². The topological polar surface area (TPSA) is 20.2 Å². The fourth-order valence-electron chi connectivity index (χ4n) is 1.00. The lowest BCUT2D eigenvalue weighted by Crippen LogP contribution is -1.75. The van der Waals surface area contributed by atoms with Crippen molar-refractivity contribution < 1.29 is 5.11 Å². The molecule has 0 aromatic heterocycles. The van der Waals surface area contributed by atoms with Gasteiger partial charge in [0.15, 0.2) is 0 Å². The van der Waals surface area contributed by atoms with Crippen molar-refractivity contribution >= 4 is 0 Å². The minimum Gasteiger partial charge on any atom is -0.507 e. The molecule has 1 nitrogen and oxygen atoms in total. The normalized spacial score (nSPS) is 9.00. The first-order valence-electron chi connectivity index (χ1n) is 4.61. The lowest BCUT2D eigenvalue weighted by Gasteiger charge is -1.93. The summed E-state index contributed by atoms with van der Waals surface area (Å²) in [4.78, 5) is 0. The summed E-state index contributed by atoms with van der Waals surface area (Å²) in [6.45, 7) is 2.14. The third-order valence-corrected chi connectivity index (χ3v) is 1.78. The van der Waals surface area contributed by atoms with Gasteiger partial charge >= 0.3 is 0 Å². The average molecular weight is 174 g/mol. The Morgan fingerprint density at radius 3 is 2.77 bits per heavy atom. The van der Waals surface area contributed by atoms with Gasteiger partial charge in [-0.05, 0) is 18.6 Å². The zero-order valence-corrected chi connectivity index (χ0v) is 7.88. The first kappa shape index (κ1) is 9.67. The molecule has 0 atom stereocenters. The van der Waals surface area contributed by atoms with Crippen molar-refractivity contribution in [3.63, 3.8) is 0 Å². The number of phenols is 1. The molecular weight excluding hydrogens is 160 g/mol. The van der Waals surface area contributed by atoms with Crippen LogP contribution in [-0.2, 0) is 0 Å². The van der Waals surface area contributed by atoms with E-state index in [1.54, 1.807) is 12.1 Å². The SMILES string of the molecule is CCCCC#Cc1ccccc1O. The third kappa shape index (κ3) is 3.21. The van der Waals surface area contributed by atoms with E-state index in [-0.39, 0.29) is 5.75 Å². The fourth-order valence-corrected chi connectivity index (χ4v) is 1.00. The lowest BCUT2D eigenvalue weighted by atomic mass is 10.2. The van der Waals surface area contributed by atoms with E-state index in [1.807, 2.05) is 12.1 Å². The predicted octanol–water partition coefficient (Wildman–Crippen LogP) is 2.93. The average Bonchev–Trinajstić information content (AvgIpc) is 2.15. The van der Waals surface area contributed by atoms with E-state index in [1.165, 1.54) is 0 Å². The zero-order chi connectivity index (χ0) is 9.52. The molecule has 1 heteroatoms. The van der Waals surface area contributed by atoms with Crippen molar-refractivity contribution in [2.45, 2.75) is 26.2 Å². The number of unbranched alkanes of at least 4 members (excludes halogenated alkanes) is 2. The van der Waals surface area contributed by atoms with Crippen LogP contribution in [0.25, 0.3) is 0 Å². The van der Waals surface area contributed by atoms with Gasteiger partial charge in [-0.2, -0.15) is 0 Å². The second kappa shape index (κ2) is 5.27. The summed E-state index contributed by atoms with van der Waals surface area (Å²) in [6, 6.07) is 7.16. The monoisotopic (exact) mass is 174 g/mol. The van der Waals surface area contributed by atoms with Crippen molar-refractivity contribution in [2.75, 3.05) is 0 Å². The van der Waals surface area contributed by atoms with Crippen molar-refractivity contribution in [2.24, 2.45) is 0 Å². The van der Waals surface area contributed by atoms with Crippen LogP contribution < -0.4 is 0 Å². The maximum atomic E-state index is 9.36. The molecule has 0 bridgehead atoms. The first-order chi connectivity index (χ1) is 6.34. The number of rotatable bonds is 2. The van der Waals surface area contributed by atoms with Crippen LogP contribution in [-0.4, -0.2) is 5.11 Å². The Morgan fingerprint density at radius 2 is 2.08 bits per heavy atom. The Balaban J connectivity index is 2.61. The molecule has 1 N–H and O–H groups in total. The number of phenolic OH excluding ortho intramolecular Hbond substituents is 1. The van der Waals surface area contributed by atoms with E-state index in [9.17, 15) is 5.11 Å². The van der Waals surface area contributed by atoms with Crippen LogP contribution in [0, 0.1) is 11.8 Å². The standard InChI is InChI=1S/C12H14O/c1-2-3-4-5-8-11-9-6-7-10-12(11)13/h6-7,9-10,13H,2-4H2,1H3. The number of hydrogen-bond donors (Lipinski definition) is 1. The molecule has 0 amide bonds. The second-order valence-corrected chi connectivity index (χ2v) is 2.92. The van der Waals surface area contributed by atoms with Gasteiger partial charge in [-0.3, -0.25) is 0 Å². The Morgan fingerprint density at radius 1 is 1.31 bits per heavy atom. The van der Waals surface area contributed by atoms with E-state index in [4.69, 9.17) is 0 Å². The molecule has 0 radical (unpaired) electrons. The molecule has 68 valence electrons. The molecule has 13 heavy (non-hydrogen) atoms. The van der Waals surface area contributed by atoms with E-state index in [0.29, 0.717) is 0 Å². The maximum absolute atomic E-state index is 9.36. The lowest BCUT2D eigenvalue weighted by molar-refractivity contribution is 0.473. The number of hydrogen-bond acceptors (Lipinski definition) is 1. The van der Waals surface area contributed by atoms with Gasteiger partial charge in [-0.1, -0.05) is 37.3 Å². The molecule has 0 unspecified atom stereocenters. The highest BCUT2D eigenvalue weighted by atomic mass is 16.3. The van der Waals surface area contributed by atoms with Crippen molar-refractivity contribution in [1.29, 1.82) is 0 Å². The van der Waals surface area contributed by atoms with Gasteiger partial charge in [0.05, 0.1) is 5.56 Å². The minimum atomic E-state index is 0.270. The van der Waals surface area contributed by atoms with E-state index < -0.39 is 0 Å². The predicted molar refractivity (Wildman–Crippen MR) is 54.5 cm³/mol. The highest BCUT2D eigenvalue weighted by Gasteiger charge is 1.92. The largest absolute Gasteiger partial charge is 0.507 e. The van der Waals surface area contributed by atoms with Crippen LogP contribution >= 0.6 is 0 Å². The van der Waals surface area contributed by atoms with Crippen molar-refractivity contribution in [3.8, 4) is 17.6 Å². The van der Waals surface area contributed by atoms with Gasteiger partial charge in [-0.25, -0.2) is 0 Å². The van der Waals surface area contributed by atoms with Gasteiger partial charge in [0.2, 0.25) is 0 Å². The van der Waals surface area contributed by atoms with E-state index in [2.05, 4.69) is 18.8 Å². The zero-order valence-electron chi connectivity index (χ0n) is 7.88. The Bertz CT molecular complexity index is 317. The molecule has 1 aromatic rings. The molecule has 0 aliphatic carbocycles. The van der Waals surface area contributed by atoms with Crippen LogP contribution in [0.15, 0.2) is 24.3 Å². The van der Waals surface area contributed by atoms with Crippen LogP contribution in [0.1, 0.15) is 31.7 Å². The molecule has 0 saturated carbocycles. The summed E-state index contributed by atoms with van der Waals surface area (Å²) >= 11 is 0. The molecular formula is C12H14O. The van der Waals surface area contributed by atoms with Crippen LogP contribution in [0.5, 0.6) is 5.75 Å². The summed E-state index contributed by atoms with van der Waals surface area (Å²) < 4.78 is 0. The summed E-state index contributed by atoms with van der Waals surface area (Å²) in [5, 5.41) is 9.36. The van der Waals surface area contributed by atoms with Gasteiger partial charge in [-0.15, -0.1) is 0 Å². The van der Waals surface area contributed by atoms with Crippen LogP contribution in [0.2, 0.25) is 0 Å². The van der Waals surface area contributed by atoms with Gasteiger partial charge in [0, 0.05) is 6.42 Å². The highest BCUT2D eigenvalue weighted by Crippen LogP contribution is 2.13. The quantitative estimate of drug-likeness (QED) is 0.540. The number of para-hydroxylation sites is 1. The van der Waals surface area contributed by atoms with Crippen LogP contribution in [0.3, 0.4) is 0 Å². The second-order valence-electron chi connectivity index (χ2n) is 2.92. The Kier molecular flexibility index (Phi) is 3.92.